The van der Waals surface area contributed by atoms with Crippen molar-refractivity contribution in [1.29, 1.82) is 0 Å². The third-order valence-electron chi connectivity index (χ3n) is 5.90. The summed E-state index contributed by atoms with van der Waals surface area (Å²) in [6.07, 6.45) is 6.95. The SMILES string of the molecule is COc1cccc(-c2cn(CC[C@@H]3CC[C@@H](NC(=O)CC4CC4)[C@H](CO)O3)nn2)c1. The van der Waals surface area contributed by atoms with Gasteiger partial charge in [-0.3, -0.25) is 9.48 Å². The Balaban J connectivity index is 1.27. The van der Waals surface area contributed by atoms with Crippen LogP contribution < -0.4 is 10.1 Å². The van der Waals surface area contributed by atoms with E-state index in [1.54, 1.807) is 7.11 Å². The molecule has 2 aromatic rings. The Morgan fingerprint density at radius 2 is 2.20 bits per heavy atom. The van der Waals surface area contributed by atoms with E-state index in [1.807, 2.05) is 35.1 Å². The van der Waals surface area contributed by atoms with Crippen LogP contribution in [0.4, 0.5) is 0 Å². The van der Waals surface area contributed by atoms with Crippen LogP contribution in [0.2, 0.25) is 0 Å². The lowest BCUT2D eigenvalue weighted by Crippen LogP contribution is -2.51. The highest BCUT2D eigenvalue weighted by Crippen LogP contribution is 2.32. The number of aliphatic hydroxyl groups excluding tert-OH is 1. The third kappa shape index (κ3) is 5.37. The minimum absolute atomic E-state index is 0.0307. The van der Waals surface area contributed by atoms with Crippen molar-refractivity contribution >= 4 is 5.91 Å². The summed E-state index contributed by atoms with van der Waals surface area (Å²) in [7, 11) is 1.64. The first kappa shape index (κ1) is 20.8. The van der Waals surface area contributed by atoms with Crippen molar-refractivity contribution in [3.63, 3.8) is 0 Å². The monoisotopic (exact) mass is 414 g/mol. The van der Waals surface area contributed by atoms with Crippen LogP contribution in [-0.2, 0) is 16.1 Å². The molecule has 8 heteroatoms. The topological polar surface area (TPSA) is 98.5 Å². The fraction of sp³-hybridized carbons (Fsp3) is 0.591. The average molecular weight is 415 g/mol. The lowest BCUT2D eigenvalue weighted by atomic mass is 9.97. The molecule has 2 N–H and O–H groups in total. The van der Waals surface area contributed by atoms with Gasteiger partial charge in [-0.15, -0.1) is 5.10 Å². The Morgan fingerprint density at radius 3 is 2.97 bits per heavy atom. The van der Waals surface area contributed by atoms with Gasteiger partial charge in [-0.2, -0.15) is 0 Å². The van der Waals surface area contributed by atoms with Crippen molar-refractivity contribution in [3.05, 3.63) is 30.5 Å². The van der Waals surface area contributed by atoms with Crippen LogP contribution in [0.3, 0.4) is 0 Å². The molecule has 0 radical (unpaired) electrons. The quantitative estimate of drug-likeness (QED) is 0.653. The maximum absolute atomic E-state index is 12.1. The van der Waals surface area contributed by atoms with Crippen LogP contribution in [0, 0.1) is 5.92 Å². The molecular formula is C22H30N4O4. The molecule has 30 heavy (non-hydrogen) atoms. The van der Waals surface area contributed by atoms with Crippen LogP contribution in [0.25, 0.3) is 11.3 Å². The fourth-order valence-electron chi connectivity index (χ4n) is 3.96. The van der Waals surface area contributed by atoms with Crippen molar-refractivity contribution < 1.29 is 19.4 Å². The molecule has 162 valence electrons. The average Bonchev–Trinajstić information content (AvgIpc) is 3.45. The number of amides is 1. The first-order valence-corrected chi connectivity index (χ1v) is 10.7. The Labute approximate surface area is 176 Å². The van der Waals surface area contributed by atoms with Gasteiger partial charge >= 0.3 is 0 Å². The van der Waals surface area contributed by atoms with Gasteiger partial charge in [0, 0.05) is 18.5 Å². The molecule has 1 aliphatic carbocycles. The second-order valence-corrected chi connectivity index (χ2v) is 8.27. The molecule has 0 bridgehead atoms. The van der Waals surface area contributed by atoms with E-state index < -0.39 is 0 Å². The van der Waals surface area contributed by atoms with E-state index in [0.717, 1.165) is 49.1 Å². The molecule has 2 fully saturated rings. The molecule has 1 aliphatic heterocycles. The lowest BCUT2D eigenvalue weighted by Gasteiger charge is -2.36. The van der Waals surface area contributed by atoms with Crippen molar-refractivity contribution in [1.82, 2.24) is 20.3 Å². The number of nitrogens with one attached hydrogen (secondary N) is 1. The number of hydrogen-bond acceptors (Lipinski definition) is 6. The summed E-state index contributed by atoms with van der Waals surface area (Å²) in [5.41, 5.74) is 1.75. The molecule has 8 nitrogen and oxygen atoms in total. The summed E-state index contributed by atoms with van der Waals surface area (Å²) >= 11 is 0. The molecule has 1 aromatic carbocycles. The van der Waals surface area contributed by atoms with Crippen molar-refractivity contribution in [3.8, 4) is 17.0 Å². The largest absolute Gasteiger partial charge is 0.497 e. The summed E-state index contributed by atoms with van der Waals surface area (Å²) in [5.74, 6) is 1.42. The Kier molecular flexibility index (Phi) is 6.64. The maximum atomic E-state index is 12.1. The van der Waals surface area contributed by atoms with Gasteiger partial charge < -0.3 is 19.9 Å². The van der Waals surface area contributed by atoms with Gasteiger partial charge in [-0.25, -0.2) is 0 Å². The van der Waals surface area contributed by atoms with E-state index in [1.165, 1.54) is 0 Å². The zero-order chi connectivity index (χ0) is 20.9. The number of aliphatic hydroxyl groups is 1. The standard InChI is InChI=1S/C22H30N4O4/c1-29-18-4-2-3-16(12-18)20-13-26(25-24-20)10-9-17-7-8-19(21(14-27)30-17)23-22(28)11-15-5-6-15/h2-4,12-13,15,17,19,21,27H,5-11,14H2,1H3,(H,23,28)/t17-,19+,21-/m0/s1. The number of carbonyl (C=O) groups excluding carboxylic acids is 1. The molecule has 4 rings (SSSR count). The normalized spacial score (nSPS) is 23.9. The number of rotatable bonds is 9. The maximum Gasteiger partial charge on any atom is 0.220 e. The first-order chi connectivity index (χ1) is 14.6. The molecule has 1 aromatic heterocycles. The summed E-state index contributed by atoms with van der Waals surface area (Å²) in [6, 6.07) is 7.63. The zero-order valence-corrected chi connectivity index (χ0v) is 17.4. The summed E-state index contributed by atoms with van der Waals surface area (Å²) < 4.78 is 13.2. The number of benzene rings is 1. The van der Waals surface area contributed by atoms with Crippen molar-refractivity contribution in [2.45, 2.75) is 63.3 Å². The van der Waals surface area contributed by atoms with Crippen LogP contribution in [0.15, 0.2) is 30.5 Å². The number of hydrogen-bond donors (Lipinski definition) is 2. The van der Waals surface area contributed by atoms with Crippen molar-refractivity contribution in [2.75, 3.05) is 13.7 Å². The van der Waals surface area contributed by atoms with Gasteiger partial charge in [0.2, 0.25) is 5.91 Å². The molecule has 1 amide bonds. The molecule has 3 atom stereocenters. The van der Waals surface area contributed by atoms with E-state index in [0.29, 0.717) is 18.9 Å². The smallest absolute Gasteiger partial charge is 0.220 e. The van der Waals surface area contributed by atoms with Crippen LogP contribution in [-0.4, -0.2) is 58.0 Å². The highest BCUT2D eigenvalue weighted by atomic mass is 16.5. The van der Waals surface area contributed by atoms with Gasteiger partial charge in [0.05, 0.1) is 32.1 Å². The highest BCUT2D eigenvalue weighted by molar-refractivity contribution is 5.76. The van der Waals surface area contributed by atoms with Gasteiger partial charge in [-0.1, -0.05) is 17.3 Å². The minimum atomic E-state index is -0.352. The number of methoxy groups -OCH3 is 1. The first-order valence-electron chi connectivity index (χ1n) is 10.7. The van der Waals surface area contributed by atoms with Crippen LogP contribution in [0.5, 0.6) is 5.75 Å². The Hall–Kier alpha value is -2.45. The summed E-state index contributed by atoms with van der Waals surface area (Å²) in [4.78, 5) is 12.1. The number of aromatic nitrogens is 3. The van der Waals surface area contributed by atoms with E-state index in [2.05, 4.69) is 15.6 Å². The van der Waals surface area contributed by atoms with Gasteiger partial charge in [0.1, 0.15) is 17.5 Å². The molecule has 2 heterocycles. The molecule has 1 saturated heterocycles. The second-order valence-electron chi connectivity index (χ2n) is 8.27. The van der Waals surface area contributed by atoms with Gasteiger partial charge in [0.25, 0.3) is 0 Å². The molecule has 2 aliphatic rings. The zero-order valence-electron chi connectivity index (χ0n) is 17.4. The Bertz CT molecular complexity index is 851. The second kappa shape index (κ2) is 9.57. The minimum Gasteiger partial charge on any atom is -0.497 e. The van der Waals surface area contributed by atoms with E-state index in [9.17, 15) is 9.90 Å². The highest BCUT2D eigenvalue weighted by Gasteiger charge is 2.33. The van der Waals surface area contributed by atoms with E-state index >= 15 is 0 Å². The third-order valence-corrected chi connectivity index (χ3v) is 5.90. The molecular weight excluding hydrogens is 384 g/mol. The molecule has 1 saturated carbocycles. The van der Waals surface area contributed by atoms with E-state index in [-0.39, 0.29) is 30.8 Å². The van der Waals surface area contributed by atoms with Crippen LogP contribution >= 0.6 is 0 Å². The molecule has 0 unspecified atom stereocenters. The summed E-state index contributed by atoms with van der Waals surface area (Å²) in [5, 5.41) is 21.3. The number of ether oxygens (including phenoxy) is 2. The lowest BCUT2D eigenvalue weighted by molar-refractivity contribution is -0.129. The van der Waals surface area contributed by atoms with Gasteiger partial charge in [0.15, 0.2) is 0 Å². The molecule has 0 spiro atoms. The predicted molar refractivity (Wildman–Crippen MR) is 111 cm³/mol. The fourth-order valence-corrected chi connectivity index (χ4v) is 3.96. The Morgan fingerprint density at radius 1 is 1.33 bits per heavy atom. The van der Waals surface area contributed by atoms with Gasteiger partial charge in [-0.05, 0) is 50.2 Å². The van der Waals surface area contributed by atoms with Crippen molar-refractivity contribution in [2.24, 2.45) is 5.92 Å². The van der Waals surface area contributed by atoms with Crippen LogP contribution in [0.1, 0.15) is 38.5 Å². The number of nitrogens with zero attached hydrogens (tertiary/aromatic N) is 3. The van der Waals surface area contributed by atoms with E-state index in [4.69, 9.17) is 9.47 Å². The summed E-state index contributed by atoms with van der Waals surface area (Å²) in [6.45, 7) is 0.590. The predicted octanol–water partition coefficient (Wildman–Crippen LogP) is 2.17. The number of aryl methyl sites for hydroxylation is 1. The number of carbonyl (C=O) groups is 1.